The molecule has 2 aromatic heterocycles. The van der Waals surface area contributed by atoms with Crippen molar-refractivity contribution < 1.29 is 18.1 Å². The van der Waals surface area contributed by atoms with Crippen molar-refractivity contribution in [2.75, 3.05) is 16.8 Å². The van der Waals surface area contributed by atoms with Crippen molar-refractivity contribution in [2.24, 2.45) is 0 Å². The summed E-state index contributed by atoms with van der Waals surface area (Å²) < 4.78 is 25.2. The molecule has 1 aliphatic heterocycles. The highest BCUT2D eigenvalue weighted by molar-refractivity contribution is 7.91. The van der Waals surface area contributed by atoms with E-state index in [4.69, 9.17) is 0 Å². The van der Waals surface area contributed by atoms with E-state index in [-0.39, 0.29) is 27.7 Å². The highest BCUT2D eigenvalue weighted by atomic mass is 32.2. The van der Waals surface area contributed by atoms with Crippen LogP contribution in [0.15, 0.2) is 6.20 Å². The van der Waals surface area contributed by atoms with Gasteiger partial charge in [-0.05, 0) is 37.0 Å². The Morgan fingerprint density at radius 3 is 2.88 bits per heavy atom. The number of hydrogen-bond acceptors (Lipinski definition) is 8. The normalized spacial score (nSPS) is 20.8. The lowest BCUT2D eigenvalue weighted by molar-refractivity contribution is -0.380. The van der Waals surface area contributed by atoms with Crippen LogP contribution >= 0.6 is 11.3 Å². The van der Waals surface area contributed by atoms with Crippen LogP contribution in [-0.4, -0.2) is 45.5 Å². The molecule has 0 aromatic carbocycles. The first kappa shape index (κ1) is 17.1. The molecule has 1 unspecified atom stereocenters. The minimum Gasteiger partial charge on any atom is -0.296 e. The molecule has 3 heterocycles. The molecule has 1 fully saturated rings. The molecular weight excluding hydrogens is 382 g/mol. The standard InChI is InChI=1S/C14H15N5O5S2/c20-13(16-14-15-6-11(25-14)19(21)22)12-9-2-1-3-10(9)17-18(12)8-4-5-26(23,24)7-8/h6,8H,1-5,7H2,(H,15,16,20). The van der Waals surface area contributed by atoms with E-state index in [0.717, 1.165) is 41.6 Å². The molecule has 2 aliphatic rings. The van der Waals surface area contributed by atoms with E-state index >= 15 is 0 Å². The average Bonchev–Trinajstić information content (AvgIpc) is 3.28. The second kappa shape index (κ2) is 6.13. The third-order valence-electron chi connectivity index (χ3n) is 4.60. The Morgan fingerprint density at radius 2 is 2.23 bits per heavy atom. The molecular formula is C14H15N5O5S2. The monoisotopic (exact) mass is 397 g/mol. The Labute approximate surface area is 152 Å². The number of aromatic nitrogens is 3. The molecule has 2 aromatic rings. The summed E-state index contributed by atoms with van der Waals surface area (Å²) in [7, 11) is -3.12. The van der Waals surface area contributed by atoms with E-state index in [1.807, 2.05) is 0 Å². The van der Waals surface area contributed by atoms with E-state index in [1.54, 1.807) is 0 Å². The van der Waals surface area contributed by atoms with Crippen molar-refractivity contribution in [1.29, 1.82) is 0 Å². The summed E-state index contributed by atoms with van der Waals surface area (Å²) in [6.45, 7) is 0. The van der Waals surface area contributed by atoms with E-state index in [9.17, 15) is 23.3 Å². The van der Waals surface area contributed by atoms with Crippen molar-refractivity contribution in [3.63, 3.8) is 0 Å². The molecule has 0 bridgehead atoms. The third kappa shape index (κ3) is 2.98. The highest BCUT2D eigenvalue weighted by Gasteiger charge is 2.35. The number of carbonyl (C=O) groups excluding carboxylic acids is 1. The Hall–Kier alpha value is -2.34. The predicted molar refractivity (Wildman–Crippen MR) is 93.3 cm³/mol. The van der Waals surface area contributed by atoms with Crippen molar-refractivity contribution in [3.05, 3.63) is 33.3 Å². The number of aryl methyl sites for hydroxylation is 1. The molecule has 1 saturated heterocycles. The van der Waals surface area contributed by atoms with Gasteiger partial charge in [-0.1, -0.05) is 0 Å². The molecule has 4 rings (SSSR count). The summed E-state index contributed by atoms with van der Waals surface area (Å²) >= 11 is 0.770. The highest BCUT2D eigenvalue weighted by Crippen LogP contribution is 2.32. The largest absolute Gasteiger partial charge is 0.345 e. The van der Waals surface area contributed by atoms with Crippen molar-refractivity contribution in [2.45, 2.75) is 31.7 Å². The number of fused-ring (bicyclic) bond motifs is 1. The Bertz CT molecular complexity index is 1010. The first-order valence-corrected chi connectivity index (χ1v) is 10.7. The number of rotatable bonds is 4. The minimum atomic E-state index is -3.12. The fourth-order valence-electron chi connectivity index (χ4n) is 3.45. The zero-order chi connectivity index (χ0) is 18.5. The maximum atomic E-state index is 12.8. The Morgan fingerprint density at radius 1 is 1.42 bits per heavy atom. The van der Waals surface area contributed by atoms with Crippen LogP contribution in [0.3, 0.4) is 0 Å². The van der Waals surface area contributed by atoms with Gasteiger partial charge >= 0.3 is 5.00 Å². The molecule has 10 nitrogen and oxygen atoms in total. The summed E-state index contributed by atoms with van der Waals surface area (Å²) in [5.41, 5.74) is 2.00. The van der Waals surface area contributed by atoms with Gasteiger partial charge < -0.3 is 0 Å². The third-order valence-corrected chi connectivity index (χ3v) is 7.21. The predicted octanol–water partition coefficient (Wildman–Crippen LogP) is 1.35. The van der Waals surface area contributed by atoms with Gasteiger partial charge in [0.05, 0.1) is 28.2 Å². The first-order chi connectivity index (χ1) is 12.3. The average molecular weight is 397 g/mol. The first-order valence-electron chi connectivity index (χ1n) is 8.06. The van der Waals surface area contributed by atoms with Gasteiger partial charge in [-0.3, -0.25) is 24.9 Å². The molecule has 0 saturated carbocycles. The molecule has 26 heavy (non-hydrogen) atoms. The van der Waals surface area contributed by atoms with Gasteiger partial charge in [0.1, 0.15) is 11.9 Å². The summed E-state index contributed by atoms with van der Waals surface area (Å²) in [6.07, 6.45) is 3.86. The number of amides is 1. The molecule has 1 amide bonds. The smallest absolute Gasteiger partial charge is 0.296 e. The van der Waals surface area contributed by atoms with Gasteiger partial charge in [0.15, 0.2) is 15.0 Å². The van der Waals surface area contributed by atoms with Gasteiger partial charge in [0.2, 0.25) is 0 Å². The number of thiazole rings is 1. The number of sulfone groups is 1. The van der Waals surface area contributed by atoms with Crippen molar-refractivity contribution in [3.8, 4) is 0 Å². The molecule has 12 heteroatoms. The number of anilines is 1. The molecule has 138 valence electrons. The lowest BCUT2D eigenvalue weighted by Gasteiger charge is -2.14. The maximum absolute atomic E-state index is 12.8. The summed E-state index contributed by atoms with van der Waals surface area (Å²) in [5, 5.41) is 17.8. The second-order valence-electron chi connectivity index (χ2n) is 6.34. The van der Waals surface area contributed by atoms with E-state index in [2.05, 4.69) is 15.4 Å². The zero-order valence-corrected chi connectivity index (χ0v) is 15.2. The molecule has 0 spiro atoms. The molecule has 1 aliphatic carbocycles. The number of carbonyl (C=O) groups is 1. The number of nitrogens with zero attached hydrogens (tertiary/aromatic N) is 4. The molecule has 1 atom stereocenters. The van der Waals surface area contributed by atoms with Crippen LogP contribution in [0, 0.1) is 10.1 Å². The number of nitrogens with one attached hydrogen (secondary N) is 1. The van der Waals surface area contributed by atoms with Gasteiger partial charge in [0, 0.05) is 5.56 Å². The molecule has 1 N–H and O–H groups in total. The zero-order valence-electron chi connectivity index (χ0n) is 13.5. The van der Waals surface area contributed by atoms with Crippen LogP contribution in [-0.2, 0) is 22.7 Å². The summed E-state index contributed by atoms with van der Waals surface area (Å²) in [6, 6.07) is -0.364. The maximum Gasteiger partial charge on any atom is 0.345 e. The molecule has 0 radical (unpaired) electrons. The Balaban J connectivity index is 1.66. The summed E-state index contributed by atoms with van der Waals surface area (Å²) in [5.74, 6) is -0.410. The Kier molecular flexibility index (Phi) is 4.03. The van der Waals surface area contributed by atoms with Crippen LogP contribution in [0.25, 0.3) is 0 Å². The van der Waals surface area contributed by atoms with Crippen molar-refractivity contribution in [1.82, 2.24) is 14.8 Å². The minimum absolute atomic E-state index is 0.0312. The van der Waals surface area contributed by atoms with E-state index < -0.39 is 20.7 Å². The summed E-state index contributed by atoms with van der Waals surface area (Å²) in [4.78, 5) is 26.9. The number of hydrogen-bond donors (Lipinski definition) is 1. The van der Waals surface area contributed by atoms with Gasteiger partial charge in [-0.2, -0.15) is 5.10 Å². The van der Waals surface area contributed by atoms with Crippen molar-refractivity contribution >= 4 is 37.2 Å². The van der Waals surface area contributed by atoms with Gasteiger partial charge in [0.25, 0.3) is 5.91 Å². The number of nitro groups is 1. The SMILES string of the molecule is O=C(Nc1ncc([N+](=O)[O-])s1)c1c2c(nn1C1CCS(=O)(=O)C1)CCC2. The van der Waals surface area contributed by atoms with Crippen LogP contribution < -0.4 is 5.32 Å². The second-order valence-corrected chi connectivity index (χ2v) is 9.58. The van der Waals surface area contributed by atoms with Crippen LogP contribution in [0.1, 0.15) is 40.6 Å². The lowest BCUT2D eigenvalue weighted by Crippen LogP contribution is -2.23. The van der Waals surface area contributed by atoms with E-state index in [1.165, 1.54) is 4.68 Å². The topological polar surface area (TPSA) is 137 Å². The van der Waals surface area contributed by atoms with Gasteiger partial charge in [-0.25, -0.2) is 13.4 Å². The van der Waals surface area contributed by atoms with E-state index in [0.29, 0.717) is 18.5 Å². The van der Waals surface area contributed by atoms with Crippen LogP contribution in [0.2, 0.25) is 0 Å². The fourth-order valence-corrected chi connectivity index (χ4v) is 5.77. The lowest BCUT2D eigenvalue weighted by atomic mass is 10.1. The van der Waals surface area contributed by atoms with Gasteiger partial charge in [-0.15, -0.1) is 0 Å². The quantitative estimate of drug-likeness (QED) is 0.607. The van der Waals surface area contributed by atoms with Crippen LogP contribution in [0.4, 0.5) is 10.1 Å². The fraction of sp³-hybridized carbons (Fsp3) is 0.500. The van der Waals surface area contributed by atoms with Crippen LogP contribution in [0.5, 0.6) is 0 Å².